The highest BCUT2D eigenvalue weighted by Gasteiger charge is 2.37. The molecule has 4 aromatic rings. The fourth-order valence-corrected chi connectivity index (χ4v) is 5.08. The number of aromatic nitrogens is 3. The van der Waals surface area contributed by atoms with Crippen LogP contribution in [0.4, 0.5) is 10.1 Å². The maximum Gasteiger partial charge on any atom is 0.249 e. The lowest BCUT2D eigenvalue weighted by molar-refractivity contribution is -0.127. The summed E-state index contributed by atoms with van der Waals surface area (Å²) < 4.78 is 26.5. The van der Waals surface area contributed by atoms with Gasteiger partial charge in [-0.05, 0) is 67.4 Å². The number of methoxy groups -OCH3 is 2. The Balaban J connectivity index is 1.63. The fourth-order valence-electron chi connectivity index (χ4n) is 5.08. The van der Waals surface area contributed by atoms with Gasteiger partial charge in [-0.2, -0.15) is 0 Å². The van der Waals surface area contributed by atoms with E-state index in [1.807, 2.05) is 18.2 Å². The van der Waals surface area contributed by atoms with Crippen molar-refractivity contribution >= 4 is 28.5 Å². The highest BCUT2D eigenvalue weighted by molar-refractivity contribution is 6.02. The highest BCUT2D eigenvalue weighted by atomic mass is 19.1. The maximum absolute atomic E-state index is 14.1. The molecule has 0 bridgehead atoms. The lowest BCUT2D eigenvalue weighted by atomic mass is 10.0. The molecule has 0 aliphatic heterocycles. The summed E-state index contributed by atoms with van der Waals surface area (Å²) >= 11 is 0. The van der Waals surface area contributed by atoms with Crippen molar-refractivity contribution in [3.63, 3.8) is 0 Å². The molecule has 0 unspecified atom stereocenters. The van der Waals surface area contributed by atoms with Gasteiger partial charge in [-0.25, -0.2) is 9.07 Å². The second kappa shape index (κ2) is 11.5. The summed E-state index contributed by atoms with van der Waals surface area (Å²) in [6, 6.07) is 16.8. The standard InChI is InChI=1S/C29H30FN5O4/c1-38-22-15-16-26(39-2)23(17-22)28(29(37)31-20-7-3-4-8-20)35(21-13-11-19(30)12-14-21)27(36)18-34-25-10-6-5-9-24(25)32-33-34/h5-6,9-17,20,28H,3-4,7-8,18H2,1-2H3,(H,31,37)/t28-/m0/s1. The summed E-state index contributed by atoms with van der Waals surface area (Å²) in [6.45, 7) is -0.197. The molecule has 5 rings (SSSR count). The fraction of sp³-hybridized carbons (Fsp3) is 0.310. The second-order valence-corrected chi connectivity index (χ2v) is 9.48. The number of amides is 2. The van der Waals surface area contributed by atoms with E-state index in [1.54, 1.807) is 24.3 Å². The van der Waals surface area contributed by atoms with Crippen molar-refractivity contribution in [3.05, 3.63) is 78.1 Å². The van der Waals surface area contributed by atoms with Gasteiger partial charge in [-0.1, -0.05) is 30.2 Å². The molecule has 3 aromatic carbocycles. The predicted molar refractivity (Wildman–Crippen MR) is 144 cm³/mol. The quantitative estimate of drug-likeness (QED) is 0.343. The SMILES string of the molecule is COc1ccc(OC)c([C@@H](C(=O)NC2CCCC2)N(C(=O)Cn2nnc3ccccc32)c2ccc(F)cc2)c1. The first-order chi connectivity index (χ1) is 19.0. The van der Waals surface area contributed by atoms with Crippen molar-refractivity contribution in [1.29, 1.82) is 0 Å². The maximum atomic E-state index is 14.1. The van der Waals surface area contributed by atoms with Gasteiger partial charge in [0.05, 0.1) is 19.7 Å². The van der Waals surface area contributed by atoms with Crippen molar-refractivity contribution in [2.24, 2.45) is 0 Å². The van der Waals surface area contributed by atoms with Crippen LogP contribution in [0.25, 0.3) is 11.0 Å². The Morgan fingerprint density at radius 1 is 1.05 bits per heavy atom. The van der Waals surface area contributed by atoms with Crippen molar-refractivity contribution in [3.8, 4) is 11.5 Å². The Kier molecular flexibility index (Phi) is 7.72. The molecule has 9 nitrogen and oxygen atoms in total. The van der Waals surface area contributed by atoms with Gasteiger partial charge in [0.25, 0.3) is 0 Å². The van der Waals surface area contributed by atoms with Crippen LogP contribution in [0.3, 0.4) is 0 Å². The van der Waals surface area contributed by atoms with Crippen molar-refractivity contribution in [2.75, 3.05) is 19.1 Å². The molecule has 1 aromatic heterocycles. The zero-order valence-electron chi connectivity index (χ0n) is 21.8. The molecule has 0 saturated heterocycles. The van der Waals surface area contributed by atoms with Crippen LogP contribution >= 0.6 is 0 Å². The zero-order chi connectivity index (χ0) is 27.4. The van der Waals surface area contributed by atoms with Gasteiger partial charge in [0.1, 0.15) is 35.4 Å². The number of ether oxygens (including phenoxy) is 2. The van der Waals surface area contributed by atoms with E-state index in [-0.39, 0.29) is 18.5 Å². The lowest BCUT2D eigenvalue weighted by Gasteiger charge is -2.33. The van der Waals surface area contributed by atoms with E-state index in [0.717, 1.165) is 25.7 Å². The van der Waals surface area contributed by atoms with E-state index in [9.17, 15) is 14.0 Å². The minimum Gasteiger partial charge on any atom is -0.497 e. The van der Waals surface area contributed by atoms with Gasteiger partial charge in [-0.15, -0.1) is 5.10 Å². The summed E-state index contributed by atoms with van der Waals surface area (Å²) in [7, 11) is 3.03. The van der Waals surface area contributed by atoms with Crippen LogP contribution in [-0.2, 0) is 16.1 Å². The van der Waals surface area contributed by atoms with Gasteiger partial charge < -0.3 is 14.8 Å². The number of fused-ring (bicyclic) bond motifs is 1. The predicted octanol–water partition coefficient (Wildman–Crippen LogP) is 4.42. The van der Waals surface area contributed by atoms with Crippen LogP contribution in [0.2, 0.25) is 0 Å². The number of nitrogens with one attached hydrogen (secondary N) is 1. The molecule has 39 heavy (non-hydrogen) atoms. The van der Waals surface area contributed by atoms with Gasteiger partial charge in [0.15, 0.2) is 0 Å². The number of hydrogen-bond donors (Lipinski definition) is 1. The summed E-state index contributed by atoms with van der Waals surface area (Å²) in [6.07, 6.45) is 3.78. The smallest absolute Gasteiger partial charge is 0.249 e. The zero-order valence-corrected chi connectivity index (χ0v) is 21.8. The van der Waals surface area contributed by atoms with E-state index < -0.39 is 17.8 Å². The second-order valence-electron chi connectivity index (χ2n) is 9.48. The third kappa shape index (κ3) is 5.55. The van der Waals surface area contributed by atoms with Crippen molar-refractivity contribution in [1.82, 2.24) is 20.3 Å². The monoisotopic (exact) mass is 531 g/mol. The molecule has 10 heteroatoms. The van der Waals surface area contributed by atoms with E-state index in [4.69, 9.17) is 9.47 Å². The highest BCUT2D eigenvalue weighted by Crippen LogP contribution is 2.36. The lowest BCUT2D eigenvalue weighted by Crippen LogP contribution is -2.47. The summed E-state index contributed by atoms with van der Waals surface area (Å²) in [5.41, 5.74) is 2.11. The molecule has 1 N–H and O–H groups in total. The number of rotatable bonds is 9. The van der Waals surface area contributed by atoms with E-state index in [1.165, 1.54) is 48.1 Å². The first-order valence-electron chi connectivity index (χ1n) is 12.9. The molecular formula is C29H30FN5O4. The average Bonchev–Trinajstić information content (AvgIpc) is 3.62. The molecule has 2 amide bonds. The van der Waals surface area contributed by atoms with E-state index in [2.05, 4.69) is 15.6 Å². The summed E-state index contributed by atoms with van der Waals surface area (Å²) in [5.74, 6) is -0.352. The summed E-state index contributed by atoms with van der Waals surface area (Å²) in [5, 5.41) is 11.4. The molecule has 1 aliphatic rings. The minimum absolute atomic E-state index is 0.000955. The van der Waals surface area contributed by atoms with Crippen LogP contribution in [-0.4, -0.2) is 47.1 Å². The number of anilines is 1. The number of para-hydroxylation sites is 1. The van der Waals surface area contributed by atoms with E-state index >= 15 is 0 Å². The van der Waals surface area contributed by atoms with Crippen LogP contribution < -0.4 is 19.7 Å². The Hall–Kier alpha value is -4.47. The van der Waals surface area contributed by atoms with Crippen molar-refractivity contribution < 1.29 is 23.5 Å². The Morgan fingerprint density at radius 3 is 2.51 bits per heavy atom. The molecule has 1 saturated carbocycles. The Morgan fingerprint density at radius 2 is 1.79 bits per heavy atom. The van der Waals surface area contributed by atoms with Crippen LogP contribution in [0, 0.1) is 5.82 Å². The number of carbonyl (C=O) groups excluding carboxylic acids is 2. The molecule has 1 aliphatic carbocycles. The van der Waals surface area contributed by atoms with Crippen LogP contribution in [0.5, 0.6) is 11.5 Å². The van der Waals surface area contributed by atoms with Gasteiger partial charge in [0.2, 0.25) is 11.8 Å². The third-order valence-corrected chi connectivity index (χ3v) is 7.02. The Bertz CT molecular complexity index is 1470. The number of hydrogen-bond acceptors (Lipinski definition) is 6. The topological polar surface area (TPSA) is 98.6 Å². The molecular weight excluding hydrogens is 501 g/mol. The number of benzene rings is 3. The number of nitrogens with zero attached hydrogens (tertiary/aromatic N) is 4. The molecule has 1 atom stereocenters. The number of carbonyl (C=O) groups is 2. The van der Waals surface area contributed by atoms with Crippen LogP contribution in [0.15, 0.2) is 66.7 Å². The Labute approximate surface area is 225 Å². The normalized spacial score (nSPS) is 14.2. The van der Waals surface area contributed by atoms with Crippen LogP contribution in [0.1, 0.15) is 37.3 Å². The number of halogens is 1. The minimum atomic E-state index is -1.14. The largest absolute Gasteiger partial charge is 0.497 e. The first-order valence-corrected chi connectivity index (χ1v) is 12.9. The van der Waals surface area contributed by atoms with Crippen molar-refractivity contribution in [2.45, 2.75) is 44.3 Å². The van der Waals surface area contributed by atoms with Gasteiger partial charge in [0, 0.05) is 17.3 Å². The molecule has 1 heterocycles. The average molecular weight is 532 g/mol. The molecule has 202 valence electrons. The first kappa shape index (κ1) is 26.1. The van der Waals surface area contributed by atoms with E-state index in [0.29, 0.717) is 33.8 Å². The van der Waals surface area contributed by atoms with Gasteiger partial charge in [-0.3, -0.25) is 14.5 Å². The summed E-state index contributed by atoms with van der Waals surface area (Å²) in [4.78, 5) is 29.6. The molecule has 0 radical (unpaired) electrons. The third-order valence-electron chi connectivity index (χ3n) is 7.02. The molecule has 1 fully saturated rings. The van der Waals surface area contributed by atoms with Gasteiger partial charge >= 0.3 is 0 Å². The molecule has 0 spiro atoms.